The van der Waals surface area contributed by atoms with E-state index in [4.69, 9.17) is 9.84 Å². The van der Waals surface area contributed by atoms with E-state index in [-0.39, 0.29) is 6.61 Å². The van der Waals surface area contributed by atoms with Crippen LogP contribution in [0.5, 0.6) is 0 Å². The zero-order chi connectivity index (χ0) is 15.9. The Hall–Kier alpha value is -1.76. The fourth-order valence-electron chi connectivity index (χ4n) is 2.83. The molecule has 0 atom stereocenters. The number of nitrogens with zero attached hydrogens (tertiary/aromatic N) is 4. The lowest BCUT2D eigenvalue weighted by molar-refractivity contribution is 0.000561. The number of aliphatic hydroxyl groups excluding tert-OH is 1. The van der Waals surface area contributed by atoms with Gasteiger partial charge in [-0.2, -0.15) is 15.0 Å². The molecule has 6 nitrogen and oxygen atoms in total. The van der Waals surface area contributed by atoms with Gasteiger partial charge in [-0.05, 0) is 31.4 Å². The third kappa shape index (κ3) is 4.60. The maximum absolute atomic E-state index is 8.78. The highest BCUT2D eigenvalue weighted by Crippen LogP contribution is 2.16. The molecule has 124 valence electrons. The summed E-state index contributed by atoms with van der Waals surface area (Å²) >= 11 is 0. The first kappa shape index (κ1) is 16.1. The van der Waals surface area contributed by atoms with Crippen molar-refractivity contribution in [3.8, 4) is 5.69 Å². The molecule has 1 saturated heterocycles. The van der Waals surface area contributed by atoms with E-state index in [2.05, 4.69) is 15.1 Å². The van der Waals surface area contributed by atoms with Crippen LogP contribution in [0.25, 0.3) is 5.69 Å². The lowest BCUT2D eigenvalue weighted by Gasteiger charge is -2.31. The Morgan fingerprint density at radius 2 is 1.96 bits per heavy atom. The average Bonchev–Trinajstić information content (AvgIpc) is 3.06. The highest BCUT2D eigenvalue weighted by molar-refractivity contribution is 5.28. The molecule has 1 aliphatic heterocycles. The van der Waals surface area contributed by atoms with Crippen molar-refractivity contribution in [2.24, 2.45) is 0 Å². The van der Waals surface area contributed by atoms with Crippen LogP contribution in [0.3, 0.4) is 0 Å². The summed E-state index contributed by atoms with van der Waals surface area (Å²) < 4.78 is 5.77. The van der Waals surface area contributed by atoms with Crippen molar-refractivity contribution in [1.29, 1.82) is 0 Å². The van der Waals surface area contributed by atoms with Crippen molar-refractivity contribution in [2.45, 2.75) is 31.9 Å². The van der Waals surface area contributed by atoms with Gasteiger partial charge in [-0.25, -0.2) is 0 Å². The van der Waals surface area contributed by atoms with Crippen LogP contribution in [0.2, 0.25) is 0 Å². The molecule has 23 heavy (non-hydrogen) atoms. The molecule has 2 heterocycles. The Kier molecular flexibility index (Phi) is 5.74. The minimum absolute atomic E-state index is 0.204. The summed E-state index contributed by atoms with van der Waals surface area (Å²) in [5.41, 5.74) is 1.98. The number of benzene rings is 1. The van der Waals surface area contributed by atoms with Gasteiger partial charge in [-0.1, -0.05) is 18.2 Å². The van der Waals surface area contributed by atoms with Crippen LogP contribution in [-0.2, 0) is 11.3 Å². The van der Waals surface area contributed by atoms with Crippen LogP contribution in [0.15, 0.2) is 36.5 Å². The smallest absolute Gasteiger partial charge is 0.0971 e. The summed E-state index contributed by atoms with van der Waals surface area (Å²) in [4.78, 5) is 4.07. The van der Waals surface area contributed by atoms with Crippen LogP contribution in [0.4, 0.5) is 0 Å². The summed E-state index contributed by atoms with van der Waals surface area (Å²) in [5, 5.41) is 17.7. The van der Waals surface area contributed by atoms with E-state index < -0.39 is 0 Å². The maximum Gasteiger partial charge on any atom is 0.0971 e. The molecule has 3 rings (SSSR count). The summed E-state index contributed by atoms with van der Waals surface area (Å²) in [5.74, 6) is 0. The van der Waals surface area contributed by atoms with Gasteiger partial charge in [0, 0.05) is 32.8 Å². The Bertz CT molecular complexity index is 579. The number of piperidine rings is 1. The average molecular weight is 316 g/mol. The molecule has 1 aromatic heterocycles. The van der Waals surface area contributed by atoms with Crippen molar-refractivity contribution in [1.82, 2.24) is 19.9 Å². The molecule has 0 saturated carbocycles. The third-order valence-corrected chi connectivity index (χ3v) is 4.10. The largest absolute Gasteiger partial charge is 0.396 e. The molecule has 0 unspecified atom stereocenters. The highest BCUT2D eigenvalue weighted by Gasteiger charge is 2.20. The predicted molar refractivity (Wildman–Crippen MR) is 87.3 cm³/mol. The van der Waals surface area contributed by atoms with Gasteiger partial charge in [0.2, 0.25) is 0 Å². The first-order valence-corrected chi connectivity index (χ1v) is 8.26. The molecule has 0 amide bonds. The molecule has 0 aliphatic carbocycles. The van der Waals surface area contributed by atoms with Gasteiger partial charge < -0.3 is 9.84 Å². The Morgan fingerprint density at radius 3 is 2.70 bits per heavy atom. The standard InChI is InChI=1S/C17H24N4O2/c22-11-4-12-23-17-7-9-20(10-8-17)14-15-13-18-21(19-15)16-5-2-1-3-6-16/h1-3,5-6,13,17,22H,4,7-12,14H2. The molecule has 6 heteroatoms. The monoisotopic (exact) mass is 316 g/mol. The second-order valence-electron chi connectivity index (χ2n) is 5.88. The second-order valence-corrected chi connectivity index (χ2v) is 5.88. The molecule has 1 aromatic carbocycles. The van der Waals surface area contributed by atoms with Crippen LogP contribution >= 0.6 is 0 Å². The Labute approximate surface area is 136 Å². The van der Waals surface area contributed by atoms with Crippen molar-refractivity contribution in [2.75, 3.05) is 26.3 Å². The first-order valence-electron chi connectivity index (χ1n) is 8.26. The van der Waals surface area contributed by atoms with Gasteiger partial charge in [-0.3, -0.25) is 4.90 Å². The van der Waals surface area contributed by atoms with E-state index in [0.29, 0.717) is 12.7 Å². The lowest BCUT2D eigenvalue weighted by Crippen LogP contribution is -2.36. The molecular weight excluding hydrogens is 292 g/mol. The fraction of sp³-hybridized carbons (Fsp3) is 0.529. The van der Waals surface area contributed by atoms with Gasteiger partial charge in [0.25, 0.3) is 0 Å². The zero-order valence-corrected chi connectivity index (χ0v) is 13.3. The Morgan fingerprint density at radius 1 is 1.17 bits per heavy atom. The summed E-state index contributed by atoms with van der Waals surface area (Å²) in [6.45, 7) is 3.72. The lowest BCUT2D eigenvalue weighted by atomic mass is 10.1. The number of para-hydroxylation sites is 1. The second kappa shape index (κ2) is 8.19. The predicted octanol–water partition coefficient (Wildman–Crippen LogP) is 1.63. The van der Waals surface area contributed by atoms with E-state index in [9.17, 15) is 0 Å². The number of hydrogen-bond acceptors (Lipinski definition) is 5. The first-order chi connectivity index (χ1) is 11.3. The molecule has 1 fully saturated rings. The number of rotatable bonds is 7. The van der Waals surface area contributed by atoms with E-state index >= 15 is 0 Å². The summed E-state index contributed by atoms with van der Waals surface area (Å²) in [6, 6.07) is 9.96. The van der Waals surface area contributed by atoms with Crippen LogP contribution in [0, 0.1) is 0 Å². The van der Waals surface area contributed by atoms with Crippen molar-refractivity contribution in [3.63, 3.8) is 0 Å². The van der Waals surface area contributed by atoms with Crippen molar-refractivity contribution in [3.05, 3.63) is 42.2 Å². The molecule has 0 spiro atoms. The maximum atomic E-state index is 8.78. The van der Waals surface area contributed by atoms with Crippen molar-refractivity contribution >= 4 is 0 Å². The quantitative estimate of drug-likeness (QED) is 0.787. The minimum Gasteiger partial charge on any atom is -0.396 e. The van der Waals surface area contributed by atoms with Gasteiger partial charge in [0.1, 0.15) is 0 Å². The molecule has 1 aliphatic rings. The highest BCUT2D eigenvalue weighted by atomic mass is 16.5. The van der Waals surface area contributed by atoms with Gasteiger partial charge in [-0.15, -0.1) is 0 Å². The number of aromatic nitrogens is 3. The van der Waals surface area contributed by atoms with Crippen LogP contribution in [0.1, 0.15) is 25.0 Å². The number of aliphatic hydroxyl groups is 1. The summed E-state index contributed by atoms with van der Waals surface area (Å²) in [7, 11) is 0. The molecular formula is C17H24N4O2. The van der Waals surface area contributed by atoms with E-state index in [1.165, 1.54) is 0 Å². The van der Waals surface area contributed by atoms with Gasteiger partial charge in [0.15, 0.2) is 0 Å². The Balaban J connectivity index is 1.47. The summed E-state index contributed by atoms with van der Waals surface area (Å²) in [6.07, 6.45) is 4.98. The van der Waals surface area contributed by atoms with Crippen LogP contribution < -0.4 is 0 Å². The van der Waals surface area contributed by atoms with Gasteiger partial charge in [0.05, 0.1) is 23.7 Å². The van der Waals surface area contributed by atoms with Crippen LogP contribution in [-0.4, -0.2) is 57.4 Å². The zero-order valence-electron chi connectivity index (χ0n) is 13.3. The minimum atomic E-state index is 0.204. The topological polar surface area (TPSA) is 63.4 Å². The normalized spacial score (nSPS) is 16.7. The van der Waals surface area contributed by atoms with E-state index in [0.717, 1.165) is 50.3 Å². The third-order valence-electron chi connectivity index (χ3n) is 4.10. The molecule has 0 radical (unpaired) electrons. The van der Waals surface area contributed by atoms with Crippen molar-refractivity contribution < 1.29 is 9.84 Å². The molecule has 0 bridgehead atoms. The van der Waals surface area contributed by atoms with Gasteiger partial charge >= 0.3 is 0 Å². The SMILES string of the molecule is OCCCOC1CCN(Cc2cnn(-c3ccccc3)n2)CC1. The number of hydrogen-bond donors (Lipinski definition) is 1. The fourth-order valence-corrected chi connectivity index (χ4v) is 2.83. The van der Waals surface area contributed by atoms with E-state index in [1.54, 1.807) is 4.80 Å². The molecule has 2 aromatic rings. The van der Waals surface area contributed by atoms with E-state index in [1.807, 2.05) is 36.5 Å². The molecule has 1 N–H and O–H groups in total. The number of ether oxygens (including phenoxy) is 1. The number of likely N-dealkylation sites (tertiary alicyclic amines) is 1.